The fourth-order valence-corrected chi connectivity index (χ4v) is 4.54. The van der Waals surface area contributed by atoms with Crippen LogP contribution in [0.2, 0.25) is 0 Å². The summed E-state index contributed by atoms with van der Waals surface area (Å²) in [5.41, 5.74) is 0. The lowest BCUT2D eigenvalue weighted by Crippen LogP contribution is -1.86. The second-order valence-electron chi connectivity index (χ2n) is 9.59. The van der Waals surface area contributed by atoms with Gasteiger partial charge >= 0.3 is 0 Å². The van der Waals surface area contributed by atoms with E-state index in [-0.39, 0.29) is 5.24 Å². The van der Waals surface area contributed by atoms with Crippen molar-refractivity contribution in [3.63, 3.8) is 0 Å². The highest BCUT2D eigenvalue weighted by Crippen LogP contribution is 2.16. The molecule has 0 amide bonds. The number of hydrogen-bond acceptors (Lipinski definition) is 1. The molecule has 0 heterocycles. The van der Waals surface area contributed by atoms with Crippen LogP contribution in [-0.4, -0.2) is 5.24 Å². The van der Waals surface area contributed by atoms with Gasteiger partial charge in [-0.15, -0.1) is 0 Å². The molecule has 0 fully saturated rings. The molecule has 0 saturated carbocycles. The molecule has 0 aliphatic rings. The van der Waals surface area contributed by atoms with Gasteiger partial charge in [0.2, 0.25) is 5.24 Å². The van der Waals surface area contributed by atoms with Crippen molar-refractivity contribution >= 4 is 16.8 Å². The monoisotopic (exact) mass is 442 g/mol. The molecule has 0 radical (unpaired) electrons. The van der Waals surface area contributed by atoms with Gasteiger partial charge in [-0.2, -0.15) is 0 Å². The number of hydrogen-bond donors (Lipinski definition) is 0. The molecule has 0 spiro atoms. The van der Waals surface area contributed by atoms with Gasteiger partial charge in [0.25, 0.3) is 0 Å². The highest BCUT2D eigenvalue weighted by molar-refractivity contribution is 6.63. The van der Waals surface area contributed by atoms with Crippen LogP contribution in [0, 0.1) is 0 Å². The molecule has 0 aliphatic carbocycles. The molecule has 0 rings (SSSR count). The van der Waals surface area contributed by atoms with E-state index in [0.717, 1.165) is 12.8 Å². The quantitative estimate of drug-likeness (QED) is 0.0960. The highest BCUT2D eigenvalue weighted by Gasteiger charge is 1.97. The lowest BCUT2D eigenvalue weighted by atomic mass is 10.0. The molecule has 2 heteroatoms. The van der Waals surface area contributed by atoms with Crippen molar-refractivity contribution in [1.82, 2.24) is 0 Å². The first-order valence-corrected chi connectivity index (χ1v) is 14.3. The fraction of sp³-hybridized carbons (Fsp3) is 0.964. The summed E-state index contributed by atoms with van der Waals surface area (Å²) in [5, 5.41) is -0.177. The smallest absolute Gasteiger partial charge is 0.221 e. The Hall–Kier alpha value is -0.0400. The normalized spacial score (nSPS) is 11.3. The van der Waals surface area contributed by atoms with Gasteiger partial charge in [0, 0.05) is 6.42 Å². The van der Waals surface area contributed by atoms with Crippen molar-refractivity contribution in [1.29, 1.82) is 0 Å². The first-order valence-electron chi connectivity index (χ1n) is 14.0. The molecule has 30 heavy (non-hydrogen) atoms. The minimum Gasteiger partial charge on any atom is -0.281 e. The van der Waals surface area contributed by atoms with Crippen molar-refractivity contribution in [2.24, 2.45) is 0 Å². The molecule has 0 atom stereocenters. The van der Waals surface area contributed by atoms with E-state index in [9.17, 15) is 4.79 Å². The molecule has 0 aliphatic heterocycles. The first kappa shape index (κ1) is 30.0. The Morgan fingerprint density at radius 1 is 0.400 bits per heavy atom. The number of carbonyl (C=O) groups is 1. The summed E-state index contributed by atoms with van der Waals surface area (Å²) >= 11 is 5.34. The van der Waals surface area contributed by atoms with Crippen molar-refractivity contribution in [3.05, 3.63) is 0 Å². The van der Waals surface area contributed by atoms with Crippen LogP contribution < -0.4 is 0 Å². The van der Waals surface area contributed by atoms with Crippen LogP contribution in [0.15, 0.2) is 0 Å². The van der Waals surface area contributed by atoms with Crippen LogP contribution in [0.25, 0.3) is 0 Å². The molecule has 0 aromatic carbocycles. The van der Waals surface area contributed by atoms with Gasteiger partial charge in [0.1, 0.15) is 0 Å². The van der Waals surface area contributed by atoms with Crippen LogP contribution in [0.3, 0.4) is 0 Å². The predicted molar refractivity (Wildman–Crippen MR) is 137 cm³/mol. The molecular formula is C28H55ClO. The maximum Gasteiger partial charge on any atom is 0.221 e. The Balaban J connectivity index is 2.99. The molecule has 0 aromatic heterocycles. The van der Waals surface area contributed by atoms with Gasteiger partial charge in [0.05, 0.1) is 0 Å². The van der Waals surface area contributed by atoms with Crippen molar-refractivity contribution in [3.8, 4) is 0 Å². The second kappa shape index (κ2) is 27.0. The van der Waals surface area contributed by atoms with Gasteiger partial charge in [-0.25, -0.2) is 0 Å². The zero-order chi connectivity index (χ0) is 22.0. The van der Waals surface area contributed by atoms with Gasteiger partial charge in [0.15, 0.2) is 0 Å². The third kappa shape index (κ3) is 28.0. The van der Waals surface area contributed by atoms with Crippen molar-refractivity contribution in [2.75, 3.05) is 0 Å². The molecule has 0 unspecified atom stereocenters. The van der Waals surface area contributed by atoms with Crippen LogP contribution >= 0.6 is 11.6 Å². The predicted octanol–water partition coefficient (Wildman–Crippen LogP) is 10.9. The third-order valence-corrected chi connectivity index (χ3v) is 6.67. The summed E-state index contributed by atoms with van der Waals surface area (Å²) in [6, 6.07) is 0. The minimum atomic E-state index is -0.177. The van der Waals surface area contributed by atoms with Gasteiger partial charge in [-0.05, 0) is 18.0 Å². The van der Waals surface area contributed by atoms with Crippen LogP contribution in [0.4, 0.5) is 0 Å². The van der Waals surface area contributed by atoms with E-state index in [4.69, 9.17) is 11.6 Å². The second-order valence-corrected chi connectivity index (χ2v) is 10.0. The summed E-state index contributed by atoms with van der Waals surface area (Å²) in [4.78, 5) is 10.6. The standard InChI is InChI=1S/C28H55ClO/c1-2-3-4-5-6-7-8-9-10-11-12-13-14-15-16-17-18-19-20-21-22-23-24-25-26-27-28(29)30/h2-27H2,1H3. The molecular weight excluding hydrogens is 388 g/mol. The van der Waals surface area contributed by atoms with Crippen molar-refractivity contribution < 1.29 is 4.79 Å². The minimum absolute atomic E-state index is 0.177. The van der Waals surface area contributed by atoms with Crippen LogP contribution in [0.5, 0.6) is 0 Å². The Morgan fingerprint density at radius 2 is 0.600 bits per heavy atom. The van der Waals surface area contributed by atoms with E-state index in [1.54, 1.807) is 0 Å². The van der Waals surface area contributed by atoms with E-state index < -0.39 is 0 Å². The summed E-state index contributed by atoms with van der Waals surface area (Å²) < 4.78 is 0. The van der Waals surface area contributed by atoms with Crippen LogP contribution in [-0.2, 0) is 4.79 Å². The van der Waals surface area contributed by atoms with Gasteiger partial charge in [-0.1, -0.05) is 161 Å². The summed E-state index contributed by atoms with van der Waals surface area (Å²) in [6.45, 7) is 2.30. The first-order chi connectivity index (χ1) is 14.8. The topological polar surface area (TPSA) is 17.1 Å². The third-order valence-electron chi connectivity index (χ3n) is 6.48. The Bertz CT molecular complexity index is 329. The molecule has 0 N–H and O–H groups in total. The Morgan fingerprint density at radius 3 is 0.800 bits per heavy atom. The zero-order valence-corrected chi connectivity index (χ0v) is 21.4. The lowest BCUT2D eigenvalue weighted by molar-refractivity contribution is -0.111. The lowest BCUT2D eigenvalue weighted by Gasteiger charge is -2.04. The average Bonchev–Trinajstić information content (AvgIpc) is 2.73. The molecule has 1 nitrogen and oxygen atoms in total. The van der Waals surface area contributed by atoms with E-state index in [1.807, 2.05) is 0 Å². The molecule has 0 bridgehead atoms. The average molecular weight is 443 g/mol. The Kier molecular flexibility index (Phi) is 27.0. The SMILES string of the molecule is CCCCCCCCCCCCCCCCCCCCCCCCCCCC(=O)Cl. The summed E-state index contributed by atoms with van der Waals surface area (Å²) in [5.74, 6) is 0. The van der Waals surface area contributed by atoms with E-state index >= 15 is 0 Å². The number of halogens is 1. The van der Waals surface area contributed by atoms with Crippen molar-refractivity contribution in [2.45, 2.75) is 174 Å². The van der Waals surface area contributed by atoms with Gasteiger partial charge in [-0.3, -0.25) is 4.79 Å². The highest BCUT2D eigenvalue weighted by atomic mass is 35.5. The summed E-state index contributed by atoms with van der Waals surface area (Å²) in [7, 11) is 0. The molecule has 0 saturated heterocycles. The maximum absolute atomic E-state index is 10.6. The molecule has 180 valence electrons. The van der Waals surface area contributed by atoms with E-state index in [1.165, 1.54) is 148 Å². The number of carbonyl (C=O) groups excluding carboxylic acids is 1. The Labute approximate surface area is 195 Å². The van der Waals surface area contributed by atoms with E-state index in [2.05, 4.69) is 6.92 Å². The maximum atomic E-state index is 10.6. The number of unbranched alkanes of at least 4 members (excludes halogenated alkanes) is 24. The zero-order valence-electron chi connectivity index (χ0n) is 20.7. The van der Waals surface area contributed by atoms with Gasteiger partial charge < -0.3 is 0 Å². The van der Waals surface area contributed by atoms with E-state index in [0.29, 0.717) is 6.42 Å². The largest absolute Gasteiger partial charge is 0.281 e. The molecule has 0 aromatic rings. The fourth-order valence-electron chi connectivity index (χ4n) is 4.40. The van der Waals surface area contributed by atoms with Crippen LogP contribution in [0.1, 0.15) is 174 Å². The summed E-state index contributed by atoms with van der Waals surface area (Å²) in [6.07, 6.45) is 35.7. The number of rotatable bonds is 26.